The average molecular weight is 423 g/mol. The molecule has 110 valence electrons. The van der Waals surface area contributed by atoms with Gasteiger partial charge in [-0.1, -0.05) is 35.9 Å². The van der Waals surface area contributed by atoms with Crippen LogP contribution in [0.2, 0.25) is 5.02 Å². The first-order valence-corrected chi connectivity index (χ1v) is 8.13. The van der Waals surface area contributed by atoms with Crippen molar-refractivity contribution in [1.29, 1.82) is 0 Å². The van der Waals surface area contributed by atoms with Gasteiger partial charge in [0.2, 0.25) is 0 Å². The molecule has 0 aliphatic rings. The van der Waals surface area contributed by atoms with Gasteiger partial charge in [-0.05, 0) is 59.2 Å². The summed E-state index contributed by atoms with van der Waals surface area (Å²) >= 11 is 8.40. The van der Waals surface area contributed by atoms with Crippen LogP contribution in [0.25, 0.3) is 10.8 Å². The molecule has 0 radical (unpaired) electrons. The second kappa shape index (κ2) is 6.22. The van der Waals surface area contributed by atoms with Gasteiger partial charge in [-0.3, -0.25) is 4.79 Å². The van der Waals surface area contributed by atoms with Crippen molar-refractivity contribution in [1.82, 2.24) is 4.98 Å². The molecule has 2 aromatic carbocycles. The minimum atomic E-state index is -0.194. The molecule has 3 nitrogen and oxygen atoms in total. The van der Waals surface area contributed by atoms with Gasteiger partial charge < -0.3 is 5.32 Å². The van der Waals surface area contributed by atoms with E-state index in [2.05, 4.69) is 32.9 Å². The fourth-order valence-electron chi connectivity index (χ4n) is 2.27. The van der Waals surface area contributed by atoms with Crippen LogP contribution in [0.3, 0.4) is 0 Å². The number of carbonyl (C=O) groups is 1. The van der Waals surface area contributed by atoms with Gasteiger partial charge in [0.1, 0.15) is 5.82 Å². The number of nitrogens with zero attached hydrogens (tertiary/aromatic N) is 1. The molecule has 0 fully saturated rings. The van der Waals surface area contributed by atoms with Crippen molar-refractivity contribution in [3.8, 4) is 0 Å². The summed E-state index contributed by atoms with van der Waals surface area (Å²) < 4.78 is 1.06. The number of fused-ring (bicyclic) bond motifs is 1. The normalized spacial score (nSPS) is 10.7. The highest BCUT2D eigenvalue weighted by atomic mass is 127. The van der Waals surface area contributed by atoms with Crippen LogP contribution in [0, 0.1) is 10.5 Å². The number of rotatable bonds is 2. The summed E-state index contributed by atoms with van der Waals surface area (Å²) in [5.41, 5.74) is 1.47. The summed E-state index contributed by atoms with van der Waals surface area (Å²) in [6, 6.07) is 14.8. The van der Waals surface area contributed by atoms with Gasteiger partial charge in [0, 0.05) is 19.5 Å². The van der Waals surface area contributed by atoms with Crippen LogP contribution in [0.1, 0.15) is 16.1 Å². The third-order valence-electron chi connectivity index (χ3n) is 3.38. The molecule has 0 unspecified atom stereocenters. The van der Waals surface area contributed by atoms with Crippen LogP contribution < -0.4 is 5.32 Å². The van der Waals surface area contributed by atoms with Gasteiger partial charge in [0.25, 0.3) is 5.91 Å². The molecule has 22 heavy (non-hydrogen) atoms. The second-order valence-corrected chi connectivity index (χ2v) is 6.43. The minimum absolute atomic E-state index is 0.194. The van der Waals surface area contributed by atoms with Crippen LogP contribution in [-0.4, -0.2) is 10.9 Å². The number of anilines is 1. The zero-order valence-electron chi connectivity index (χ0n) is 11.7. The van der Waals surface area contributed by atoms with Gasteiger partial charge in [-0.15, -0.1) is 0 Å². The molecule has 1 amide bonds. The van der Waals surface area contributed by atoms with E-state index in [-0.39, 0.29) is 5.91 Å². The highest BCUT2D eigenvalue weighted by molar-refractivity contribution is 14.1. The van der Waals surface area contributed by atoms with Crippen LogP contribution >= 0.6 is 34.2 Å². The van der Waals surface area contributed by atoms with Gasteiger partial charge in [-0.2, -0.15) is 0 Å². The maximum absolute atomic E-state index is 12.5. The van der Waals surface area contributed by atoms with Crippen molar-refractivity contribution >= 4 is 56.7 Å². The van der Waals surface area contributed by atoms with E-state index < -0.39 is 0 Å². The highest BCUT2D eigenvalue weighted by Crippen LogP contribution is 2.26. The summed E-state index contributed by atoms with van der Waals surface area (Å²) in [6.07, 6.45) is 0. The van der Waals surface area contributed by atoms with Crippen LogP contribution in [0.15, 0.2) is 48.5 Å². The molecule has 3 rings (SSSR count). The Morgan fingerprint density at radius 2 is 1.82 bits per heavy atom. The summed E-state index contributed by atoms with van der Waals surface area (Å²) in [6.45, 7) is 1.91. The summed E-state index contributed by atoms with van der Waals surface area (Å²) in [7, 11) is 0. The lowest BCUT2D eigenvalue weighted by molar-refractivity contribution is 0.102. The van der Waals surface area contributed by atoms with E-state index in [1.54, 1.807) is 12.1 Å². The second-order valence-electron chi connectivity index (χ2n) is 4.86. The van der Waals surface area contributed by atoms with E-state index in [9.17, 15) is 4.79 Å². The van der Waals surface area contributed by atoms with Crippen LogP contribution in [0.5, 0.6) is 0 Å². The maximum atomic E-state index is 12.5. The third-order valence-corrected chi connectivity index (χ3v) is 4.85. The zero-order valence-corrected chi connectivity index (χ0v) is 14.6. The van der Waals surface area contributed by atoms with Gasteiger partial charge >= 0.3 is 0 Å². The van der Waals surface area contributed by atoms with E-state index in [4.69, 9.17) is 11.6 Å². The van der Waals surface area contributed by atoms with E-state index in [0.717, 1.165) is 20.0 Å². The molecule has 1 heterocycles. The average Bonchev–Trinajstić information content (AvgIpc) is 2.51. The first kappa shape index (κ1) is 15.2. The summed E-state index contributed by atoms with van der Waals surface area (Å²) in [5.74, 6) is 0.350. The molecular weight excluding hydrogens is 411 g/mol. The Hall–Kier alpha value is -1.66. The third kappa shape index (κ3) is 2.94. The predicted octanol–water partition coefficient (Wildman–Crippen LogP) is 5.05. The van der Waals surface area contributed by atoms with E-state index in [0.29, 0.717) is 16.4 Å². The van der Waals surface area contributed by atoms with Crippen LogP contribution in [0.4, 0.5) is 5.82 Å². The Kier molecular flexibility index (Phi) is 4.31. The molecule has 0 bridgehead atoms. The Morgan fingerprint density at radius 3 is 2.59 bits per heavy atom. The number of nitrogens with one attached hydrogen (secondary N) is 1. The Balaban J connectivity index is 1.99. The number of amides is 1. The number of aryl methyl sites for hydroxylation is 1. The number of hydrogen-bond acceptors (Lipinski definition) is 2. The van der Waals surface area contributed by atoms with Gasteiger partial charge in [0.05, 0.1) is 5.69 Å². The topological polar surface area (TPSA) is 42.0 Å². The molecule has 0 aliphatic carbocycles. The largest absolute Gasteiger partial charge is 0.307 e. The molecule has 0 spiro atoms. The molecule has 3 aromatic rings. The molecule has 0 saturated carbocycles. The fraction of sp³-hybridized carbons (Fsp3) is 0.0588. The van der Waals surface area contributed by atoms with Crippen molar-refractivity contribution in [3.63, 3.8) is 0 Å². The summed E-state index contributed by atoms with van der Waals surface area (Å²) in [4.78, 5) is 16.9. The van der Waals surface area contributed by atoms with Crippen LogP contribution in [-0.2, 0) is 0 Å². The lowest BCUT2D eigenvalue weighted by Crippen LogP contribution is -2.13. The molecule has 0 aliphatic heterocycles. The number of pyridine rings is 1. The Bertz CT molecular complexity index is 880. The minimum Gasteiger partial charge on any atom is -0.307 e. The lowest BCUT2D eigenvalue weighted by atomic mass is 10.0. The van der Waals surface area contributed by atoms with E-state index in [1.165, 1.54) is 0 Å². The number of aromatic nitrogens is 1. The molecule has 5 heteroatoms. The molecule has 0 saturated heterocycles. The van der Waals surface area contributed by atoms with Crippen molar-refractivity contribution in [2.24, 2.45) is 0 Å². The molecule has 1 N–H and O–H groups in total. The molecule has 1 aromatic heterocycles. The molecule has 0 atom stereocenters. The van der Waals surface area contributed by atoms with Gasteiger partial charge in [-0.25, -0.2) is 4.98 Å². The smallest absolute Gasteiger partial charge is 0.257 e. The van der Waals surface area contributed by atoms with Crippen molar-refractivity contribution < 1.29 is 4.79 Å². The standard InChI is InChI=1S/C17H12ClIN2O/c1-10-15(19)8-9-16(20-10)21-17(22)13-6-2-5-12-11(13)4-3-7-14(12)18/h2-9H,1H3,(H,20,21,22). The monoisotopic (exact) mass is 422 g/mol. The quantitative estimate of drug-likeness (QED) is 0.587. The maximum Gasteiger partial charge on any atom is 0.257 e. The van der Waals surface area contributed by atoms with E-state index in [1.807, 2.05) is 43.3 Å². The highest BCUT2D eigenvalue weighted by Gasteiger charge is 2.12. The Labute approximate surface area is 146 Å². The number of benzene rings is 2. The number of hydrogen-bond donors (Lipinski definition) is 1. The number of carbonyl (C=O) groups excluding carboxylic acids is 1. The lowest BCUT2D eigenvalue weighted by Gasteiger charge is -2.09. The van der Waals surface area contributed by atoms with Crippen molar-refractivity contribution in [2.45, 2.75) is 6.92 Å². The first-order chi connectivity index (χ1) is 10.6. The predicted molar refractivity (Wildman–Crippen MR) is 98.6 cm³/mol. The number of halogens is 2. The first-order valence-electron chi connectivity index (χ1n) is 6.68. The van der Waals surface area contributed by atoms with E-state index >= 15 is 0 Å². The Morgan fingerprint density at radius 1 is 1.09 bits per heavy atom. The summed E-state index contributed by atoms with van der Waals surface area (Å²) in [5, 5.41) is 5.17. The fourth-order valence-corrected chi connectivity index (χ4v) is 2.80. The molecular formula is C17H12ClIN2O. The zero-order chi connectivity index (χ0) is 15.7. The van der Waals surface area contributed by atoms with Crippen molar-refractivity contribution in [3.05, 3.63) is 68.4 Å². The van der Waals surface area contributed by atoms with Gasteiger partial charge in [0.15, 0.2) is 0 Å². The SMILES string of the molecule is Cc1nc(NC(=O)c2cccc3c(Cl)cccc23)ccc1I. The van der Waals surface area contributed by atoms with Crippen molar-refractivity contribution in [2.75, 3.05) is 5.32 Å².